The number of likely N-dealkylation sites (tertiary alicyclic amines) is 1. The molecule has 5 aromatic rings. The second-order valence-electron chi connectivity index (χ2n) is 11.3. The van der Waals surface area contributed by atoms with Gasteiger partial charge >= 0.3 is 0 Å². The molecule has 0 aliphatic carbocycles. The quantitative estimate of drug-likeness (QED) is 0.221. The predicted molar refractivity (Wildman–Crippen MR) is 167 cm³/mol. The smallest absolute Gasteiger partial charge is 0.249 e. The number of anilines is 2. The normalized spacial score (nSPS) is 17.7. The number of nitrogen functional groups attached to an aromatic ring is 1. The van der Waals surface area contributed by atoms with E-state index in [4.69, 9.17) is 15.6 Å². The third-order valence-electron chi connectivity index (χ3n) is 8.21. The summed E-state index contributed by atoms with van der Waals surface area (Å²) in [6, 6.07) is 19.0. The lowest BCUT2D eigenvalue weighted by Gasteiger charge is -2.32. The lowest BCUT2D eigenvalue weighted by Crippen LogP contribution is -2.47. The predicted octanol–water partition coefficient (Wildman–Crippen LogP) is 3.71. The van der Waals surface area contributed by atoms with Crippen LogP contribution in [0.5, 0.6) is 11.5 Å². The molecular formula is C32H32N10O3. The monoisotopic (exact) mass is 604 g/mol. The SMILES string of the molecule is Nc1ncnc2c1c(-c1ccc(Oc3ccccc3)cc1)nn2C1CCN(Cc2cnnc(NC3CCC(=O)NC3=O)c2)CC1. The molecule has 13 heteroatoms. The van der Waals surface area contributed by atoms with Crippen LogP contribution in [0.15, 0.2) is 73.2 Å². The van der Waals surface area contributed by atoms with Crippen molar-refractivity contribution in [3.63, 3.8) is 0 Å². The molecule has 2 amide bonds. The van der Waals surface area contributed by atoms with E-state index in [-0.39, 0.29) is 17.9 Å². The number of ether oxygens (including phenoxy) is 1. The Morgan fingerprint density at radius 3 is 2.53 bits per heavy atom. The molecule has 3 aromatic heterocycles. The second-order valence-corrected chi connectivity index (χ2v) is 11.3. The van der Waals surface area contributed by atoms with E-state index >= 15 is 0 Å². The van der Waals surface area contributed by atoms with E-state index in [0.29, 0.717) is 31.0 Å². The Hall–Kier alpha value is -5.43. The molecule has 0 radical (unpaired) electrons. The zero-order valence-electron chi connectivity index (χ0n) is 24.5. The third kappa shape index (κ3) is 6.15. The highest BCUT2D eigenvalue weighted by atomic mass is 16.5. The minimum Gasteiger partial charge on any atom is -0.457 e. The number of piperidine rings is 2. The number of aromatic nitrogens is 6. The van der Waals surface area contributed by atoms with Crippen LogP contribution in [-0.4, -0.2) is 65.8 Å². The molecule has 2 aliphatic rings. The van der Waals surface area contributed by atoms with Crippen molar-refractivity contribution in [2.45, 2.75) is 44.3 Å². The average molecular weight is 605 g/mol. The van der Waals surface area contributed by atoms with Crippen molar-refractivity contribution in [2.75, 3.05) is 24.1 Å². The maximum Gasteiger partial charge on any atom is 0.249 e. The van der Waals surface area contributed by atoms with Gasteiger partial charge in [-0.25, -0.2) is 14.6 Å². The van der Waals surface area contributed by atoms with Gasteiger partial charge in [0.25, 0.3) is 0 Å². The Morgan fingerprint density at radius 2 is 1.76 bits per heavy atom. The van der Waals surface area contributed by atoms with Gasteiger partial charge in [0.05, 0.1) is 17.6 Å². The molecule has 0 bridgehead atoms. The highest BCUT2D eigenvalue weighted by molar-refractivity contribution is 6.01. The van der Waals surface area contributed by atoms with E-state index in [1.807, 2.05) is 65.3 Å². The van der Waals surface area contributed by atoms with Gasteiger partial charge in [-0.3, -0.25) is 19.8 Å². The average Bonchev–Trinajstić information content (AvgIpc) is 3.45. The number of carbonyl (C=O) groups excluding carboxylic acids is 2. The molecule has 1 unspecified atom stereocenters. The Kier molecular flexibility index (Phi) is 7.74. The van der Waals surface area contributed by atoms with Crippen molar-refractivity contribution in [2.24, 2.45) is 0 Å². The maximum absolute atomic E-state index is 12.1. The Labute approximate surface area is 258 Å². The highest BCUT2D eigenvalue weighted by Gasteiger charge is 2.28. The molecule has 7 rings (SSSR count). The van der Waals surface area contributed by atoms with Gasteiger partial charge in [-0.05, 0) is 67.3 Å². The molecule has 45 heavy (non-hydrogen) atoms. The van der Waals surface area contributed by atoms with Crippen LogP contribution in [0.4, 0.5) is 11.6 Å². The van der Waals surface area contributed by atoms with Crippen LogP contribution in [0.2, 0.25) is 0 Å². The topological polar surface area (TPSA) is 166 Å². The molecule has 0 saturated carbocycles. The second kappa shape index (κ2) is 12.3. The van der Waals surface area contributed by atoms with E-state index in [9.17, 15) is 9.59 Å². The lowest BCUT2D eigenvalue weighted by molar-refractivity contribution is -0.133. The van der Waals surface area contributed by atoms with Crippen molar-refractivity contribution in [1.82, 2.24) is 40.2 Å². The van der Waals surface area contributed by atoms with Crippen LogP contribution in [0.25, 0.3) is 22.3 Å². The van der Waals surface area contributed by atoms with Gasteiger partial charge in [-0.15, -0.1) is 5.10 Å². The summed E-state index contributed by atoms with van der Waals surface area (Å²) in [5, 5.41) is 19.5. The molecule has 1 atom stereocenters. The zero-order chi connectivity index (χ0) is 30.8. The maximum atomic E-state index is 12.1. The highest BCUT2D eigenvalue weighted by Crippen LogP contribution is 2.35. The number of para-hydroxylation sites is 1. The first-order chi connectivity index (χ1) is 22.0. The molecular weight excluding hydrogens is 572 g/mol. The van der Waals surface area contributed by atoms with Gasteiger partial charge in [0.2, 0.25) is 11.8 Å². The number of rotatable bonds is 8. The molecule has 228 valence electrons. The number of carbonyl (C=O) groups is 2. The number of nitrogens with two attached hydrogens (primary N) is 1. The number of nitrogens with zero attached hydrogens (tertiary/aromatic N) is 7. The van der Waals surface area contributed by atoms with Crippen molar-refractivity contribution in [3.8, 4) is 22.8 Å². The van der Waals surface area contributed by atoms with Crippen molar-refractivity contribution < 1.29 is 14.3 Å². The van der Waals surface area contributed by atoms with Crippen molar-refractivity contribution in [3.05, 3.63) is 78.8 Å². The first kappa shape index (κ1) is 28.3. The van der Waals surface area contributed by atoms with Crippen LogP contribution < -0.4 is 21.1 Å². The standard InChI is InChI=1S/C32H32N10O3/c33-30-28-29(21-6-8-24(9-7-21)45-23-4-2-1-3-5-23)40-42(31(28)35-19-34-30)22-12-14-41(15-13-22)18-20-16-26(39-36-17-20)37-25-10-11-27(43)38-32(25)44/h1-9,16-17,19,22,25H,10-15,18H2,(H,37,39)(H2,33,34,35)(H,38,43,44). The molecule has 2 aromatic carbocycles. The fourth-order valence-electron chi connectivity index (χ4n) is 5.91. The van der Waals surface area contributed by atoms with E-state index < -0.39 is 6.04 Å². The van der Waals surface area contributed by atoms with Crippen molar-refractivity contribution in [1.29, 1.82) is 0 Å². The fourth-order valence-corrected chi connectivity index (χ4v) is 5.91. The molecule has 4 N–H and O–H groups in total. The summed E-state index contributed by atoms with van der Waals surface area (Å²) in [6.45, 7) is 2.40. The molecule has 0 spiro atoms. The summed E-state index contributed by atoms with van der Waals surface area (Å²) in [6.07, 6.45) is 5.71. The van der Waals surface area contributed by atoms with E-state index in [0.717, 1.165) is 65.3 Å². The summed E-state index contributed by atoms with van der Waals surface area (Å²) in [5.74, 6) is 1.83. The lowest BCUT2D eigenvalue weighted by atomic mass is 10.0. The van der Waals surface area contributed by atoms with Gasteiger partial charge in [0, 0.05) is 31.6 Å². The van der Waals surface area contributed by atoms with Crippen LogP contribution in [0.1, 0.15) is 37.3 Å². The number of benzene rings is 2. The summed E-state index contributed by atoms with van der Waals surface area (Å²) in [4.78, 5) is 34.8. The largest absolute Gasteiger partial charge is 0.457 e. The van der Waals surface area contributed by atoms with Crippen LogP contribution >= 0.6 is 0 Å². The van der Waals surface area contributed by atoms with Gasteiger partial charge in [-0.1, -0.05) is 18.2 Å². The van der Waals surface area contributed by atoms with Crippen LogP contribution in [-0.2, 0) is 16.1 Å². The molecule has 2 saturated heterocycles. The van der Waals surface area contributed by atoms with Gasteiger partial charge in [0.1, 0.15) is 41.2 Å². The Bertz CT molecular complexity index is 1840. The first-order valence-corrected chi connectivity index (χ1v) is 15.0. The van der Waals surface area contributed by atoms with Gasteiger partial charge in [-0.2, -0.15) is 10.2 Å². The van der Waals surface area contributed by atoms with Gasteiger partial charge < -0.3 is 15.8 Å². The Morgan fingerprint density at radius 1 is 0.978 bits per heavy atom. The summed E-state index contributed by atoms with van der Waals surface area (Å²) in [5.41, 5.74) is 9.74. The van der Waals surface area contributed by atoms with E-state index in [1.54, 1.807) is 6.20 Å². The number of hydrogen-bond acceptors (Lipinski definition) is 11. The molecule has 13 nitrogen and oxygen atoms in total. The number of hydrogen-bond donors (Lipinski definition) is 3. The fraction of sp³-hybridized carbons (Fsp3) is 0.281. The summed E-state index contributed by atoms with van der Waals surface area (Å²) >= 11 is 0. The van der Waals surface area contributed by atoms with E-state index in [2.05, 4.69) is 35.7 Å². The number of fused-ring (bicyclic) bond motifs is 1. The molecule has 5 heterocycles. The van der Waals surface area contributed by atoms with Crippen LogP contribution in [0.3, 0.4) is 0 Å². The van der Waals surface area contributed by atoms with Crippen molar-refractivity contribution >= 4 is 34.5 Å². The number of imide groups is 1. The van der Waals surface area contributed by atoms with Crippen LogP contribution in [0, 0.1) is 0 Å². The number of amides is 2. The molecule has 2 fully saturated rings. The minimum atomic E-state index is -0.504. The van der Waals surface area contributed by atoms with E-state index in [1.165, 1.54) is 6.33 Å². The minimum absolute atomic E-state index is 0.146. The summed E-state index contributed by atoms with van der Waals surface area (Å²) in [7, 11) is 0. The van der Waals surface area contributed by atoms with Gasteiger partial charge in [0.15, 0.2) is 5.65 Å². The number of nitrogens with one attached hydrogen (secondary N) is 2. The first-order valence-electron chi connectivity index (χ1n) is 15.0. The molecule has 2 aliphatic heterocycles. The zero-order valence-corrected chi connectivity index (χ0v) is 24.5. The summed E-state index contributed by atoms with van der Waals surface area (Å²) < 4.78 is 7.97. The third-order valence-corrected chi connectivity index (χ3v) is 8.21. The Balaban J connectivity index is 1.03.